The fourth-order valence-corrected chi connectivity index (χ4v) is 3.99. The second-order valence-corrected chi connectivity index (χ2v) is 8.50. The van der Waals surface area contributed by atoms with Crippen molar-refractivity contribution in [3.05, 3.63) is 59.2 Å². The highest BCUT2D eigenvalue weighted by Crippen LogP contribution is 2.28. The highest BCUT2D eigenvalue weighted by molar-refractivity contribution is 5.92. The number of carboxylic acids is 1. The van der Waals surface area contributed by atoms with Gasteiger partial charge in [-0.25, -0.2) is 4.79 Å². The van der Waals surface area contributed by atoms with Crippen LogP contribution in [0.3, 0.4) is 0 Å². The van der Waals surface area contributed by atoms with Crippen LogP contribution >= 0.6 is 0 Å². The van der Waals surface area contributed by atoms with Crippen molar-refractivity contribution in [2.75, 3.05) is 5.32 Å². The average molecular weight is 439 g/mol. The standard InChI is InChI=1S/C25H30N2O5/c1-16-12-17(2)14-21(13-16)26-23(28)15-19-8-10-22(11-9-19)32-27(18(3)25(30)31)24(29)20-6-4-5-7-20/h8-14,18,20H,4-7,15H2,1-3H3,(H,26,28)(H,30,31)/t18-/m1/s1. The lowest BCUT2D eigenvalue weighted by molar-refractivity contribution is -0.179. The molecule has 2 N–H and O–H groups in total. The maximum atomic E-state index is 12.8. The van der Waals surface area contributed by atoms with Crippen molar-refractivity contribution in [1.82, 2.24) is 5.06 Å². The number of amides is 2. The highest BCUT2D eigenvalue weighted by atomic mass is 16.7. The van der Waals surface area contributed by atoms with Crippen LogP contribution in [0.2, 0.25) is 0 Å². The molecule has 0 saturated heterocycles. The van der Waals surface area contributed by atoms with Gasteiger partial charge in [0.2, 0.25) is 5.91 Å². The molecule has 0 unspecified atom stereocenters. The molecule has 2 amide bonds. The molecule has 1 fully saturated rings. The van der Waals surface area contributed by atoms with Crippen molar-refractivity contribution >= 4 is 23.5 Å². The number of hydroxylamine groups is 2. The molecule has 3 rings (SSSR count). The zero-order valence-electron chi connectivity index (χ0n) is 18.8. The molecule has 170 valence electrons. The van der Waals surface area contributed by atoms with E-state index in [0.29, 0.717) is 5.75 Å². The Morgan fingerprint density at radius 3 is 2.22 bits per heavy atom. The van der Waals surface area contributed by atoms with Gasteiger partial charge in [-0.2, -0.15) is 5.06 Å². The van der Waals surface area contributed by atoms with E-state index in [-0.39, 0.29) is 24.2 Å². The lowest BCUT2D eigenvalue weighted by Crippen LogP contribution is -2.47. The lowest BCUT2D eigenvalue weighted by atomic mass is 10.1. The Balaban J connectivity index is 1.64. The first-order valence-electron chi connectivity index (χ1n) is 10.9. The SMILES string of the molecule is Cc1cc(C)cc(NC(=O)Cc2ccc(ON(C(=O)C3CCCC3)[C@H](C)C(=O)O)cc2)c1. The molecule has 1 aliphatic rings. The summed E-state index contributed by atoms with van der Waals surface area (Å²) in [7, 11) is 0. The summed E-state index contributed by atoms with van der Waals surface area (Å²) in [5.41, 5.74) is 3.69. The van der Waals surface area contributed by atoms with Crippen LogP contribution in [0.15, 0.2) is 42.5 Å². The molecule has 0 aliphatic heterocycles. The second kappa shape index (κ2) is 10.3. The average Bonchev–Trinajstić information content (AvgIpc) is 3.26. The van der Waals surface area contributed by atoms with Crippen LogP contribution in [0.25, 0.3) is 0 Å². The van der Waals surface area contributed by atoms with Crippen LogP contribution in [-0.2, 0) is 20.8 Å². The number of benzene rings is 2. The summed E-state index contributed by atoms with van der Waals surface area (Å²) in [4.78, 5) is 42.4. The molecule has 0 aromatic heterocycles. The molecule has 7 nitrogen and oxygen atoms in total. The predicted molar refractivity (Wildman–Crippen MR) is 121 cm³/mol. The summed E-state index contributed by atoms with van der Waals surface area (Å²) in [5.74, 6) is -1.42. The molecule has 0 bridgehead atoms. The number of hydrogen-bond acceptors (Lipinski definition) is 4. The third kappa shape index (κ3) is 6.09. The Labute approximate surface area is 188 Å². The largest absolute Gasteiger partial charge is 0.480 e. The van der Waals surface area contributed by atoms with Gasteiger partial charge in [0.1, 0.15) is 0 Å². The van der Waals surface area contributed by atoms with Crippen molar-refractivity contribution in [2.45, 2.75) is 58.9 Å². The quantitative estimate of drug-likeness (QED) is 0.600. The molecule has 2 aromatic carbocycles. The molecule has 1 aliphatic carbocycles. The van der Waals surface area contributed by atoms with Gasteiger partial charge in [0.15, 0.2) is 11.8 Å². The Kier molecular flexibility index (Phi) is 7.51. The summed E-state index contributed by atoms with van der Waals surface area (Å²) in [6.45, 7) is 5.39. The minimum atomic E-state index is -1.13. The molecule has 32 heavy (non-hydrogen) atoms. The van der Waals surface area contributed by atoms with E-state index >= 15 is 0 Å². The Morgan fingerprint density at radius 1 is 1.06 bits per heavy atom. The number of rotatable bonds is 8. The van der Waals surface area contributed by atoms with E-state index in [1.807, 2.05) is 32.0 Å². The zero-order chi connectivity index (χ0) is 23.3. The molecule has 0 heterocycles. The first-order chi connectivity index (χ1) is 15.2. The number of nitrogens with zero attached hydrogens (tertiary/aromatic N) is 1. The third-order valence-corrected chi connectivity index (χ3v) is 5.63. The number of aryl methyl sites for hydroxylation is 2. The van der Waals surface area contributed by atoms with E-state index in [1.165, 1.54) is 6.92 Å². The van der Waals surface area contributed by atoms with Gasteiger partial charge in [-0.15, -0.1) is 0 Å². The van der Waals surface area contributed by atoms with Gasteiger partial charge in [-0.05, 0) is 74.6 Å². The van der Waals surface area contributed by atoms with Crippen molar-refractivity contribution in [1.29, 1.82) is 0 Å². The number of carbonyl (C=O) groups excluding carboxylic acids is 2. The van der Waals surface area contributed by atoms with Gasteiger partial charge < -0.3 is 15.3 Å². The van der Waals surface area contributed by atoms with E-state index in [2.05, 4.69) is 5.32 Å². The molecule has 7 heteroatoms. The summed E-state index contributed by atoms with van der Waals surface area (Å²) >= 11 is 0. The normalized spacial score (nSPS) is 14.6. The minimum absolute atomic E-state index is 0.138. The monoisotopic (exact) mass is 438 g/mol. The zero-order valence-corrected chi connectivity index (χ0v) is 18.8. The van der Waals surface area contributed by atoms with Crippen LogP contribution in [0, 0.1) is 19.8 Å². The van der Waals surface area contributed by atoms with Gasteiger partial charge in [-0.1, -0.05) is 31.0 Å². The van der Waals surface area contributed by atoms with Gasteiger partial charge in [-0.3, -0.25) is 9.59 Å². The number of hydrogen-bond donors (Lipinski definition) is 2. The number of anilines is 1. The van der Waals surface area contributed by atoms with Crippen molar-refractivity contribution < 1.29 is 24.3 Å². The van der Waals surface area contributed by atoms with Crippen LogP contribution in [0.4, 0.5) is 5.69 Å². The molecular weight excluding hydrogens is 408 g/mol. The van der Waals surface area contributed by atoms with Crippen LogP contribution < -0.4 is 10.2 Å². The van der Waals surface area contributed by atoms with Crippen LogP contribution in [0.5, 0.6) is 5.75 Å². The van der Waals surface area contributed by atoms with Gasteiger partial charge >= 0.3 is 5.97 Å². The molecule has 1 saturated carbocycles. The Bertz CT molecular complexity index is 960. The molecule has 1 atom stereocenters. The smallest absolute Gasteiger partial charge is 0.329 e. The Hall–Kier alpha value is -3.35. The second-order valence-electron chi connectivity index (χ2n) is 8.50. The number of aliphatic carboxylic acids is 1. The van der Waals surface area contributed by atoms with E-state index in [0.717, 1.165) is 53.1 Å². The van der Waals surface area contributed by atoms with E-state index in [4.69, 9.17) is 4.84 Å². The van der Waals surface area contributed by atoms with E-state index in [1.54, 1.807) is 24.3 Å². The predicted octanol–water partition coefficient (Wildman–Crippen LogP) is 4.27. The van der Waals surface area contributed by atoms with Crippen LogP contribution in [0.1, 0.15) is 49.3 Å². The number of carbonyl (C=O) groups is 3. The first kappa shape index (κ1) is 23.3. The number of nitrogens with one attached hydrogen (secondary N) is 1. The Morgan fingerprint density at radius 2 is 1.66 bits per heavy atom. The van der Waals surface area contributed by atoms with Gasteiger partial charge in [0.05, 0.1) is 6.42 Å². The first-order valence-corrected chi connectivity index (χ1v) is 10.9. The van der Waals surface area contributed by atoms with Crippen molar-refractivity contribution in [2.24, 2.45) is 5.92 Å². The van der Waals surface area contributed by atoms with Crippen molar-refractivity contribution in [3.63, 3.8) is 0 Å². The van der Waals surface area contributed by atoms with E-state index in [9.17, 15) is 19.5 Å². The summed E-state index contributed by atoms with van der Waals surface area (Å²) in [6, 6.07) is 11.5. The van der Waals surface area contributed by atoms with Crippen molar-refractivity contribution in [3.8, 4) is 5.75 Å². The summed E-state index contributed by atoms with van der Waals surface area (Å²) in [6.07, 6.45) is 3.61. The van der Waals surface area contributed by atoms with E-state index < -0.39 is 12.0 Å². The minimum Gasteiger partial charge on any atom is -0.480 e. The maximum Gasteiger partial charge on any atom is 0.329 e. The highest BCUT2D eigenvalue weighted by Gasteiger charge is 2.34. The van der Waals surface area contributed by atoms with Gasteiger partial charge in [0.25, 0.3) is 5.91 Å². The fraction of sp³-hybridized carbons (Fsp3) is 0.400. The maximum absolute atomic E-state index is 12.8. The van der Waals surface area contributed by atoms with Gasteiger partial charge in [0, 0.05) is 11.6 Å². The third-order valence-electron chi connectivity index (χ3n) is 5.63. The summed E-state index contributed by atoms with van der Waals surface area (Å²) in [5, 5.41) is 13.3. The lowest BCUT2D eigenvalue weighted by Gasteiger charge is -2.28. The summed E-state index contributed by atoms with van der Waals surface area (Å²) < 4.78 is 0. The number of carboxylic acid groups (broad SMARTS) is 1. The molecule has 0 spiro atoms. The molecular formula is C25H30N2O5. The molecule has 2 aromatic rings. The fourth-order valence-electron chi connectivity index (χ4n) is 3.99. The van der Waals surface area contributed by atoms with Crippen LogP contribution in [-0.4, -0.2) is 34.0 Å². The molecule has 0 radical (unpaired) electrons. The topological polar surface area (TPSA) is 95.9 Å².